The van der Waals surface area contributed by atoms with Gasteiger partial charge in [0.15, 0.2) is 0 Å². The summed E-state index contributed by atoms with van der Waals surface area (Å²) in [5.74, 6) is 0.180. The van der Waals surface area contributed by atoms with Crippen molar-refractivity contribution < 1.29 is 4.79 Å². The molecule has 0 radical (unpaired) electrons. The normalized spacial score (nSPS) is 23.3. The second-order valence-electron chi connectivity index (χ2n) is 5.92. The molecule has 0 spiro atoms. The minimum Gasteiger partial charge on any atom is -0.369 e. The van der Waals surface area contributed by atoms with Gasteiger partial charge in [0, 0.05) is 17.2 Å². The quantitative estimate of drug-likeness (QED) is 0.913. The molecule has 2 aliphatic rings. The van der Waals surface area contributed by atoms with E-state index in [2.05, 4.69) is 18.2 Å². The number of primary amides is 1. The van der Waals surface area contributed by atoms with Crippen LogP contribution in [0.15, 0.2) is 41.4 Å². The average molecular weight is 311 g/mol. The number of hydrogen-bond acceptors (Lipinski definition) is 4. The van der Waals surface area contributed by atoms with Gasteiger partial charge in [0.25, 0.3) is 0 Å². The van der Waals surface area contributed by atoms with Gasteiger partial charge in [0.05, 0.1) is 6.04 Å². The van der Waals surface area contributed by atoms with Gasteiger partial charge in [-0.25, -0.2) is 4.98 Å². The van der Waals surface area contributed by atoms with Crippen LogP contribution in [0.25, 0.3) is 11.1 Å². The van der Waals surface area contributed by atoms with Crippen LogP contribution in [0.5, 0.6) is 0 Å². The predicted octanol–water partition coefficient (Wildman–Crippen LogP) is 2.59. The number of benzene rings is 1. The molecular formula is C17H17N3OS. The Balaban J connectivity index is 1.89. The van der Waals surface area contributed by atoms with Crippen molar-refractivity contribution in [2.75, 3.05) is 0 Å². The Bertz CT molecular complexity index is 743. The number of carbonyl (C=O) groups is 1. The van der Waals surface area contributed by atoms with E-state index < -0.39 is 11.3 Å². The summed E-state index contributed by atoms with van der Waals surface area (Å²) < 4.78 is 0. The van der Waals surface area contributed by atoms with Crippen molar-refractivity contribution in [1.82, 2.24) is 4.98 Å². The second-order valence-corrected chi connectivity index (χ2v) is 7.05. The van der Waals surface area contributed by atoms with E-state index in [0.29, 0.717) is 5.92 Å². The summed E-state index contributed by atoms with van der Waals surface area (Å²) in [7, 11) is 0. The summed E-state index contributed by atoms with van der Waals surface area (Å²) in [6.07, 6.45) is 2.38. The number of amides is 1. The number of fused-ring (bicyclic) bond motifs is 1. The highest BCUT2D eigenvalue weighted by Gasteiger charge is 2.39. The number of nitrogens with zero attached hydrogens (tertiary/aromatic N) is 1. The van der Waals surface area contributed by atoms with E-state index in [1.807, 2.05) is 18.2 Å². The summed E-state index contributed by atoms with van der Waals surface area (Å²) in [5.41, 5.74) is 16.1. The third kappa shape index (κ3) is 2.21. The maximum Gasteiger partial charge on any atom is 0.232 e. The Morgan fingerprint density at radius 1 is 1.23 bits per heavy atom. The van der Waals surface area contributed by atoms with Crippen LogP contribution in [-0.2, 0) is 4.79 Å². The van der Waals surface area contributed by atoms with Gasteiger partial charge in [-0.3, -0.25) is 4.79 Å². The van der Waals surface area contributed by atoms with Crippen LogP contribution in [-0.4, -0.2) is 16.1 Å². The Morgan fingerprint density at radius 2 is 1.95 bits per heavy atom. The fourth-order valence-electron chi connectivity index (χ4n) is 2.99. The zero-order chi connectivity index (χ0) is 15.3. The van der Waals surface area contributed by atoms with Crippen molar-refractivity contribution in [3.05, 3.63) is 47.7 Å². The lowest BCUT2D eigenvalue weighted by atomic mass is 9.94. The molecule has 1 saturated carbocycles. The number of thioether (sulfide) groups is 1. The Morgan fingerprint density at radius 3 is 2.59 bits per heavy atom. The van der Waals surface area contributed by atoms with Crippen LogP contribution in [0.2, 0.25) is 0 Å². The fourth-order valence-corrected chi connectivity index (χ4v) is 4.16. The zero-order valence-corrected chi connectivity index (χ0v) is 12.8. The zero-order valence-electron chi connectivity index (χ0n) is 12.0. The molecule has 5 heteroatoms. The molecule has 1 aromatic heterocycles. The molecule has 22 heavy (non-hydrogen) atoms. The molecule has 0 saturated heterocycles. The van der Waals surface area contributed by atoms with Gasteiger partial charge in [-0.1, -0.05) is 42.1 Å². The number of nitrogens with two attached hydrogens (primary N) is 2. The first-order valence-electron chi connectivity index (χ1n) is 7.47. The molecule has 4 rings (SSSR count). The lowest BCUT2D eigenvalue weighted by Gasteiger charge is -2.15. The van der Waals surface area contributed by atoms with E-state index in [1.165, 1.54) is 24.6 Å². The summed E-state index contributed by atoms with van der Waals surface area (Å²) in [4.78, 5) is 16.4. The first-order chi connectivity index (χ1) is 10.6. The van der Waals surface area contributed by atoms with Crippen LogP contribution >= 0.6 is 11.8 Å². The molecule has 1 fully saturated rings. The van der Waals surface area contributed by atoms with Crippen molar-refractivity contribution in [3.8, 4) is 11.1 Å². The lowest BCUT2D eigenvalue weighted by Crippen LogP contribution is -2.32. The van der Waals surface area contributed by atoms with Gasteiger partial charge < -0.3 is 11.5 Å². The van der Waals surface area contributed by atoms with Gasteiger partial charge in [0.1, 0.15) is 10.3 Å². The highest BCUT2D eigenvalue weighted by molar-refractivity contribution is 8.01. The van der Waals surface area contributed by atoms with E-state index in [9.17, 15) is 4.79 Å². The predicted molar refractivity (Wildman–Crippen MR) is 87.4 cm³/mol. The van der Waals surface area contributed by atoms with E-state index in [0.717, 1.165) is 27.4 Å². The van der Waals surface area contributed by atoms with Crippen LogP contribution in [0, 0.1) is 0 Å². The molecule has 2 heterocycles. The van der Waals surface area contributed by atoms with E-state index >= 15 is 0 Å². The standard InChI is InChI=1S/C17H17N3OS/c18-14-13-11(9-4-2-1-3-5-9)8-12(10-6-7-10)20-17(13)22-15(14)16(19)21/h1-5,8,10,14-15H,6-7,18H2,(H2,19,21). The highest BCUT2D eigenvalue weighted by atomic mass is 32.2. The third-order valence-corrected chi connectivity index (χ3v) is 5.62. The fraction of sp³-hybridized carbons (Fsp3) is 0.294. The molecule has 1 amide bonds. The van der Waals surface area contributed by atoms with Gasteiger partial charge in [-0.05, 0) is 30.0 Å². The number of carbonyl (C=O) groups excluding carboxylic acids is 1. The summed E-state index contributed by atoms with van der Waals surface area (Å²) in [5, 5.41) is 0.443. The largest absolute Gasteiger partial charge is 0.369 e. The minimum atomic E-state index is -0.431. The van der Waals surface area contributed by atoms with Crippen LogP contribution < -0.4 is 11.5 Å². The molecule has 2 unspecified atom stereocenters. The second kappa shape index (κ2) is 5.11. The van der Waals surface area contributed by atoms with Crippen LogP contribution in [0.1, 0.15) is 36.1 Å². The van der Waals surface area contributed by atoms with E-state index in [-0.39, 0.29) is 5.91 Å². The van der Waals surface area contributed by atoms with Crippen molar-refractivity contribution in [2.45, 2.75) is 35.1 Å². The molecule has 112 valence electrons. The monoisotopic (exact) mass is 311 g/mol. The van der Waals surface area contributed by atoms with Crippen molar-refractivity contribution in [2.24, 2.45) is 11.5 Å². The Labute approximate surface area is 133 Å². The Hall–Kier alpha value is -1.85. The first-order valence-corrected chi connectivity index (χ1v) is 8.35. The maximum atomic E-state index is 11.7. The summed E-state index contributed by atoms with van der Waals surface area (Å²) >= 11 is 1.41. The molecule has 2 aromatic rings. The highest BCUT2D eigenvalue weighted by Crippen LogP contribution is 2.49. The molecule has 1 aliphatic heterocycles. The van der Waals surface area contributed by atoms with Crippen molar-refractivity contribution >= 4 is 17.7 Å². The molecule has 2 atom stereocenters. The third-order valence-electron chi connectivity index (χ3n) is 4.30. The SMILES string of the molecule is NC(=O)C1Sc2nc(C3CC3)cc(-c3ccccc3)c2C1N. The number of pyridine rings is 1. The average Bonchev–Trinajstić information content (AvgIpc) is 3.32. The van der Waals surface area contributed by atoms with Gasteiger partial charge in [-0.2, -0.15) is 0 Å². The van der Waals surface area contributed by atoms with Crippen molar-refractivity contribution in [3.63, 3.8) is 0 Å². The van der Waals surface area contributed by atoms with E-state index in [4.69, 9.17) is 16.5 Å². The number of hydrogen-bond donors (Lipinski definition) is 2. The maximum absolute atomic E-state index is 11.7. The molecule has 0 bridgehead atoms. The summed E-state index contributed by atoms with van der Waals surface area (Å²) in [6, 6.07) is 11.9. The topological polar surface area (TPSA) is 82.0 Å². The van der Waals surface area contributed by atoms with Gasteiger partial charge in [0.2, 0.25) is 5.91 Å². The molecule has 4 N–H and O–H groups in total. The van der Waals surface area contributed by atoms with Crippen LogP contribution in [0.3, 0.4) is 0 Å². The number of aromatic nitrogens is 1. The molecular weight excluding hydrogens is 294 g/mol. The summed E-state index contributed by atoms with van der Waals surface area (Å²) in [6.45, 7) is 0. The lowest BCUT2D eigenvalue weighted by molar-refractivity contribution is -0.117. The molecule has 4 nitrogen and oxygen atoms in total. The van der Waals surface area contributed by atoms with Crippen LogP contribution in [0.4, 0.5) is 0 Å². The molecule has 1 aliphatic carbocycles. The minimum absolute atomic E-state index is 0.373. The smallest absolute Gasteiger partial charge is 0.232 e. The van der Waals surface area contributed by atoms with Gasteiger partial charge >= 0.3 is 0 Å². The van der Waals surface area contributed by atoms with Gasteiger partial charge in [-0.15, -0.1) is 0 Å². The first kappa shape index (κ1) is 13.8. The number of rotatable bonds is 3. The van der Waals surface area contributed by atoms with E-state index in [1.54, 1.807) is 0 Å². The molecule has 1 aromatic carbocycles. The Kier molecular flexibility index (Phi) is 3.20. The van der Waals surface area contributed by atoms with Crippen molar-refractivity contribution in [1.29, 1.82) is 0 Å².